The molecule has 0 radical (unpaired) electrons. The van der Waals surface area contributed by atoms with E-state index in [1.54, 1.807) is 0 Å². The molecule has 0 atom stereocenters. The highest BCUT2D eigenvalue weighted by Gasteiger charge is 2.17. The molecule has 4 aromatic carbocycles. The maximum Gasteiger partial charge on any atom is 0.0783 e. The summed E-state index contributed by atoms with van der Waals surface area (Å²) >= 11 is 0. The number of benzene rings is 4. The molecule has 0 fully saturated rings. The molecule has 6 aromatic rings. The minimum atomic E-state index is 1.18. The normalized spacial score (nSPS) is 11.9. The molecule has 0 bridgehead atoms. The molecule has 0 saturated carbocycles. The highest BCUT2D eigenvalue weighted by atomic mass is 15.0. The second-order valence-corrected chi connectivity index (χ2v) is 7.19. The van der Waals surface area contributed by atoms with E-state index in [-0.39, 0.29) is 0 Å². The highest BCUT2D eigenvalue weighted by molar-refractivity contribution is 6.22. The third kappa shape index (κ3) is 1.90. The fourth-order valence-electron chi connectivity index (χ4n) is 4.43. The van der Waals surface area contributed by atoms with Crippen molar-refractivity contribution in [1.82, 2.24) is 9.55 Å². The lowest BCUT2D eigenvalue weighted by Crippen LogP contribution is -1.96. The Hall–Kier alpha value is -3.52. The predicted octanol–water partition coefficient (Wildman–Crippen LogP) is 6.73. The van der Waals surface area contributed by atoms with Gasteiger partial charge in [0.25, 0.3) is 0 Å². The third-order valence-electron chi connectivity index (χ3n) is 5.67. The number of rotatable bonds is 1. The molecular formula is C25H18N2. The molecule has 2 heteroatoms. The van der Waals surface area contributed by atoms with Crippen LogP contribution in [0.4, 0.5) is 0 Å². The lowest BCUT2D eigenvalue weighted by atomic mass is 10.1. The number of aryl methyl sites for hydroxylation is 1. The summed E-state index contributed by atoms with van der Waals surface area (Å²) in [6.07, 6.45) is 0. The number of aromatic nitrogens is 2. The van der Waals surface area contributed by atoms with Crippen molar-refractivity contribution in [3.63, 3.8) is 0 Å². The molecule has 1 N–H and O–H groups in total. The SMILES string of the molecule is Cc1ccccc1-n1c2ccccc2c2ccc3c4ccccc4[nH]c3c21. The smallest absolute Gasteiger partial charge is 0.0783 e. The van der Waals surface area contributed by atoms with Crippen molar-refractivity contribution in [2.75, 3.05) is 0 Å². The molecule has 0 amide bonds. The van der Waals surface area contributed by atoms with Gasteiger partial charge in [-0.1, -0.05) is 66.7 Å². The Bertz CT molecular complexity index is 1480. The number of fused-ring (bicyclic) bond motifs is 7. The summed E-state index contributed by atoms with van der Waals surface area (Å²) in [5.41, 5.74) is 7.38. The van der Waals surface area contributed by atoms with Gasteiger partial charge in [-0.2, -0.15) is 0 Å². The van der Waals surface area contributed by atoms with Crippen molar-refractivity contribution in [3.8, 4) is 5.69 Å². The average Bonchev–Trinajstić information content (AvgIpc) is 3.24. The molecule has 2 heterocycles. The summed E-state index contributed by atoms with van der Waals surface area (Å²) in [4.78, 5) is 3.69. The quantitative estimate of drug-likeness (QED) is 0.341. The van der Waals surface area contributed by atoms with Gasteiger partial charge in [0.2, 0.25) is 0 Å². The van der Waals surface area contributed by atoms with Crippen LogP contribution in [0.2, 0.25) is 0 Å². The maximum atomic E-state index is 3.69. The average molecular weight is 346 g/mol. The number of hydrogen-bond acceptors (Lipinski definition) is 0. The van der Waals surface area contributed by atoms with Crippen LogP contribution in [0.25, 0.3) is 49.3 Å². The second kappa shape index (κ2) is 5.24. The molecule has 6 rings (SSSR count). The topological polar surface area (TPSA) is 20.7 Å². The number of para-hydroxylation sites is 3. The summed E-state index contributed by atoms with van der Waals surface area (Å²) in [6.45, 7) is 2.18. The number of hydrogen-bond donors (Lipinski definition) is 1. The summed E-state index contributed by atoms with van der Waals surface area (Å²) in [6, 6.07) is 30.4. The van der Waals surface area contributed by atoms with Gasteiger partial charge in [0, 0.05) is 32.7 Å². The van der Waals surface area contributed by atoms with Crippen LogP contribution in [0.5, 0.6) is 0 Å². The summed E-state index contributed by atoms with van der Waals surface area (Å²) in [5.74, 6) is 0. The van der Waals surface area contributed by atoms with Crippen molar-refractivity contribution < 1.29 is 0 Å². The first-order valence-electron chi connectivity index (χ1n) is 9.31. The van der Waals surface area contributed by atoms with Gasteiger partial charge in [0.15, 0.2) is 0 Å². The van der Waals surface area contributed by atoms with E-state index in [9.17, 15) is 0 Å². The molecule has 128 valence electrons. The fraction of sp³-hybridized carbons (Fsp3) is 0.0400. The van der Waals surface area contributed by atoms with Crippen LogP contribution in [0.15, 0.2) is 84.9 Å². The van der Waals surface area contributed by atoms with Gasteiger partial charge >= 0.3 is 0 Å². The van der Waals surface area contributed by atoms with E-state index in [0.29, 0.717) is 0 Å². The highest BCUT2D eigenvalue weighted by Crippen LogP contribution is 2.38. The molecule has 2 nitrogen and oxygen atoms in total. The Labute approximate surface area is 156 Å². The van der Waals surface area contributed by atoms with Crippen molar-refractivity contribution in [2.45, 2.75) is 6.92 Å². The number of nitrogens with one attached hydrogen (secondary N) is 1. The zero-order valence-corrected chi connectivity index (χ0v) is 15.0. The van der Waals surface area contributed by atoms with Crippen LogP contribution in [0.3, 0.4) is 0 Å². The monoisotopic (exact) mass is 346 g/mol. The minimum absolute atomic E-state index is 1.18. The van der Waals surface area contributed by atoms with E-state index in [1.807, 2.05) is 0 Å². The van der Waals surface area contributed by atoms with Crippen LogP contribution >= 0.6 is 0 Å². The number of H-pyrrole nitrogens is 1. The van der Waals surface area contributed by atoms with E-state index in [2.05, 4.69) is 101 Å². The van der Waals surface area contributed by atoms with Gasteiger partial charge in [-0.3, -0.25) is 0 Å². The second-order valence-electron chi connectivity index (χ2n) is 7.19. The first kappa shape index (κ1) is 14.6. The molecule has 0 aliphatic heterocycles. The van der Waals surface area contributed by atoms with Crippen molar-refractivity contribution >= 4 is 43.6 Å². The first-order chi connectivity index (χ1) is 13.3. The van der Waals surface area contributed by atoms with Crippen molar-refractivity contribution in [2.24, 2.45) is 0 Å². The van der Waals surface area contributed by atoms with Crippen molar-refractivity contribution in [1.29, 1.82) is 0 Å². The molecule has 0 unspecified atom stereocenters. The van der Waals surface area contributed by atoms with Gasteiger partial charge in [-0.25, -0.2) is 0 Å². The van der Waals surface area contributed by atoms with Crippen molar-refractivity contribution in [3.05, 3.63) is 90.5 Å². The van der Waals surface area contributed by atoms with Crippen LogP contribution < -0.4 is 0 Å². The lowest BCUT2D eigenvalue weighted by molar-refractivity contribution is 1.15. The Balaban J connectivity index is 1.93. The first-order valence-corrected chi connectivity index (χ1v) is 9.31. The van der Waals surface area contributed by atoms with Crippen LogP contribution in [0, 0.1) is 6.92 Å². The number of nitrogens with zero attached hydrogens (tertiary/aromatic N) is 1. The number of aromatic amines is 1. The summed E-state index contributed by atoms with van der Waals surface area (Å²) in [7, 11) is 0. The maximum absolute atomic E-state index is 3.69. The molecule has 27 heavy (non-hydrogen) atoms. The molecule has 0 saturated heterocycles. The Morgan fingerprint density at radius 3 is 2.22 bits per heavy atom. The zero-order chi connectivity index (χ0) is 18.0. The molecule has 0 aliphatic carbocycles. The Morgan fingerprint density at radius 2 is 1.33 bits per heavy atom. The van der Waals surface area contributed by atoms with E-state index in [1.165, 1.54) is 54.9 Å². The largest absolute Gasteiger partial charge is 0.353 e. The van der Waals surface area contributed by atoms with E-state index >= 15 is 0 Å². The zero-order valence-electron chi connectivity index (χ0n) is 15.0. The standard InChI is InChI=1S/C25H18N2/c1-16-8-2-6-12-22(16)27-23-13-7-4-10-18(23)20-15-14-19-17-9-3-5-11-21(17)26-24(19)25(20)27/h2-15,26H,1H3. The van der Waals surface area contributed by atoms with Crippen LogP contribution in [0.1, 0.15) is 5.56 Å². The van der Waals surface area contributed by atoms with Crippen LogP contribution in [-0.2, 0) is 0 Å². The third-order valence-corrected chi connectivity index (χ3v) is 5.67. The van der Waals surface area contributed by atoms with Gasteiger partial charge in [0.05, 0.1) is 16.6 Å². The fourth-order valence-corrected chi connectivity index (χ4v) is 4.43. The van der Waals surface area contributed by atoms with E-state index in [0.717, 1.165) is 0 Å². The van der Waals surface area contributed by atoms with E-state index in [4.69, 9.17) is 0 Å². The van der Waals surface area contributed by atoms with E-state index < -0.39 is 0 Å². The Kier molecular flexibility index (Phi) is 2.84. The summed E-state index contributed by atoms with van der Waals surface area (Å²) < 4.78 is 2.41. The summed E-state index contributed by atoms with van der Waals surface area (Å²) in [5, 5.41) is 5.12. The minimum Gasteiger partial charge on any atom is -0.353 e. The van der Waals surface area contributed by atoms with Gasteiger partial charge in [-0.15, -0.1) is 0 Å². The molecular weight excluding hydrogens is 328 g/mol. The molecule has 0 aliphatic rings. The predicted molar refractivity (Wildman–Crippen MR) is 115 cm³/mol. The van der Waals surface area contributed by atoms with Gasteiger partial charge in [-0.05, 0) is 30.7 Å². The van der Waals surface area contributed by atoms with Gasteiger partial charge in [0.1, 0.15) is 0 Å². The lowest BCUT2D eigenvalue weighted by Gasteiger charge is -2.11. The van der Waals surface area contributed by atoms with Crippen LogP contribution in [-0.4, -0.2) is 9.55 Å². The van der Waals surface area contributed by atoms with Gasteiger partial charge < -0.3 is 9.55 Å². The molecule has 2 aromatic heterocycles. The Morgan fingerprint density at radius 1 is 0.630 bits per heavy atom. The molecule has 0 spiro atoms.